The van der Waals surface area contributed by atoms with Gasteiger partial charge in [0.05, 0.1) is 6.61 Å². The van der Waals surface area contributed by atoms with Crippen LogP contribution in [0.3, 0.4) is 0 Å². The molecule has 0 saturated carbocycles. The molecule has 0 radical (unpaired) electrons. The van der Waals surface area contributed by atoms with E-state index in [1.54, 1.807) is 7.11 Å². The van der Waals surface area contributed by atoms with Crippen LogP contribution in [0.1, 0.15) is 45.7 Å². The molecule has 3 heteroatoms. The van der Waals surface area contributed by atoms with Crippen LogP contribution in [0.2, 0.25) is 0 Å². The maximum absolute atomic E-state index is 5.70. The summed E-state index contributed by atoms with van der Waals surface area (Å²) in [5, 5.41) is 3.58. The van der Waals surface area contributed by atoms with Gasteiger partial charge in [-0.3, -0.25) is 0 Å². The number of methoxy groups -OCH3 is 1. The highest BCUT2D eigenvalue weighted by Crippen LogP contribution is 2.18. The lowest BCUT2D eigenvalue weighted by Crippen LogP contribution is -2.29. The maximum Gasteiger partial charge on any atom is 0.119 e. The van der Waals surface area contributed by atoms with Crippen LogP contribution in [-0.2, 0) is 4.74 Å². The van der Waals surface area contributed by atoms with Crippen molar-refractivity contribution >= 4 is 0 Å². The Hall–Kier alpha value is -1.06. The van der Waals surface area contributed by atoms with Crippen molar-refractivity contribution in [2.24, 2.45) is 5.92 Å². The minimum atomic E-state index is 0.334. The Bertz CT molecular complexity index is 362. The second-order valence-corrected chi connectivity index (χ2v) is 5.84. The molecule has 2 unspecified atom stereocenters. The Morgan fingerprint density at radius 2 is 1.70 bits per heavy atom. The first kappa shape index (κ1) is 17.0. The van der Waals surface area contributed by atoms with E-state index in [0.717, 1.165) is 25.4 Å². The molecule has 0 spiro atoms. The van der Waals surface area contributed by atoms with E-state index in [4.69, 9.17) is 9.47 Å². The third kappa shape index (κ3) is 6.40. The second kappa shape index (κ2) is 8.98. The zero-order valence-corrected chi connectivity index (χ0v) is 13.5. The molecule has 0 amide bonds. The van der Waals surface area contributed by atoms with Gasteiger partial charge in [-0.15, -0.1) is 0 Å². The Kier molecular flexibility index (Phi) is 7.63. The lowest BCUT2D eigenvalue weighted by molar-refractivity contribution is 0.183. The van der Waals surface area contributed by atoms with Crippen LogP contribution < -0.4 is 10.1 Å². The summed E-state index contributed by atoms with van der Waals surface area (Å²) in [5.41, 5.74) is 1.28. The van der Waals surface area contributed by atoms with Crippen LogP contribution >= 0.6 is 0 Å². The summed E-state index contributed by atoms with van der Waals surface area (Å²) in [4.78, 5) is 0. The molecular formula is C17H29NO2. The average molecular weight is 279 g/mol. The second-order valence-electron chi connectivity index (χ2n) is 5.84. The van der Waals surface area contributed by atoms with E-state index < -0.39 is 0 Å². The fourth-order valence-corrected chi connectivity index (χ4v) is 2.02. The third-order valence-electron chi connectivity index (χ3n) is 3.25. The Morgan fingerprint density at radius 1 is 1.05 bits per heavy atom. The van der Waals surface area contributed by atoms with Crippen molar-refractivity contribution in [1.29, 1.82) is 0 Å². The fraction of sp³-hybridized carbons (Fsp3) is 0.647. The highest BCUT2D eigenvalue weighted by atomic mass is 16.5. The van der Waals surface area contributed by atoms with Crippen molar-refractivity contribution in [3.05, 3.63) is 29.8 Å². The van der Waals surface area contributed by atoms with Gasteiger partial charge in [-0.25, -0.2) is 0 Å². The van der Waals surface area contributed by atoms with E-state index in [0.29, 0.717) is 18.0 Å². The summed E-state index contributed by atoms with van der Waals surface area (Å²) in [6, 6.07) is 9.15. The summed E-state index contributed by atoms with van der Waals surface area (Å²) in [6.45, 7) is 10.2. The van der Waals surface area contributed by atoms with Crippen LogP contribution in [0.25, 0.3) is 0 Å². The first-order valence-corrected chi connectivity index (χ1v) is 7.50. The van der Waals surface area contributed by atoms with Crippen molar-refractivity contribution < 1.29 is 9.47 Å². The minimum absolute atomic E-state index is 0.334. The highest BCUT2D eigenvalue weighted by Gasteiger charge is 2.09. The monoisotopic (exact) mass is 279 g/mol. The van der Waals surface area contributed by atoms with Gasteiger partial charge >= 0.3 is 0 Å². The molecular weight excluding hydrogens is 250 g/mol. The third-order valence-corrected chi connectivity index (χ3v) is 3.25. The van der Waals surface area contributed by atoms with E-state index in [-0.39, 0.29) is 0 Å². The minimum Gasteiger partial charge on any atom is -0.493 e. The molecule has 114 valence electrons. The Balaban J connectivity index is 2.46. The standard InChI is InChI=1S/C17H29NO2/c1-13(2)12-20-17-8-6-16(7-9-17)15(4)18-14(3)10-11-19-5/h6-9,13-15,18H,10-12H2,1-5H3. The number of hydrogen-bond donors (Lipinski definition) is 1. The number of benzene rings is 1. The van der Waals surface area contributed by atoms with Crippen molar-refractivity contribution in [2.75, 3.05) is 20.3 Å². The van der Waals surface area contributed by atoms with Gasteiger partial charge in [0.15, 0.2) is 0 Å². The molecule has 2 atom stereocenters. The van der Waals surface area contributed by atoms with Gasteiger partial charge in [0, 0.05) is 25.8 Å². The van der Waals surface area contributed by atoms with Gasteiger partial charge in [-0.1, -0.05) is 26.0 Å². The summed E-state index contributed by atoms with van der Waals surface area (Å²) < 4.78 is 10.8. The maximum atomic E-state index is 5.70. The summed E-state index contributed by atoms with van der Waals surface area (Å²) in [6.07, 6.45) is 1.02. The molecule has 3 nitrogen and oxygen atoms in total. The summed E-state index contributed by atoms with van der Waals surface area (Å²) in [7, 11) is 1.74. The van der Waals surface area contributed by atoms with E-state index in [9.17, 15) is 0 Å². The van der Waals surface area contributed by atoms with Crippen LogP contribution in [0.15, 0.2) is 24.3 Å². The van der Waals surface area contributed by atoms with E-state index >= 15 is 0 Å². The predicted octanol–water partition coefficient (Wildman–Crippen LogP) is 3.80. The number of nitrogens with one attached hydrogen (secondary N) is 1. The fourth-order valence-electron chi connectivity index (χ4n) is 2.02. The molecule has 0 aliphatic heterocycles. The van der Waals surface area contributed by atoms with Crippen molar-refractivity contribution in [3.8, 4) is 5.75 Å². The normalized spacial score (nSPS) is 14.3. The van der Waals surface area contributed by atoms with E-state index in [1.807, 2.05) is 0 Å². The summed E-state index contributed by atoms with van der Waals surface area (Å²) in [5.74, 6) is 1.50. The lowest BCUT2D eigenvalue weighted by Gasteiger charge is -2.20. The average Bonchev–Trinajstić information content (AvgIpc) is 2.43. The zero-order chi connectivity index (χ0) is 15.0. The SMILES string of the molecule is COCCC(C)NC(C)c1ccc(OCC(C)C)cc1. The molecule has 1 aromatic rings. The topological polar surface area (TPSA) is 30.5 Å². The number of ether oxygens (including phenoxy) is 2. The molecule has 1 rings (SSSR count). The molecule has 0 aliphatic carbocycles. The molecule has 0 heterocycles. The zero-order valence-electron chi connectivity index (χ0n) is 13.5. The van der Waals surface area contributed by atoms with Crippen molar-refractivity contribution in [2.45, 2.75) is 46.2 Å². The molecule has 20 heavy (non-hydrogen) atoms. The molecule has 1 aromatic carbocycles. The van der Waals surface area contributed by atoms with Crippen LogP contribution in [0, 0.1) is 5.92 Å². The van der Waals surface area contributed by atoms with E-state index in [2.05, 4.69) is 57.3 Å². The van der Waals surface area contributed by atoms with Crippen LogP contribution in [0.4, 0.5) is 0 Å². The first-order valence-electron chi connectivity index (χ1n) is 7.50. The largest absolute Gasteiger partial charge is 0.493 e. The first-order chi connectivity index (χ1) is 9.52. The van der Waals surface area contributed by atoms with Crippen LogP contribution in [0.5, 0.6) is 5.75 Å². The van der Waals surface area contributed by atoms with Gasteiger partial charge in [-0.05, 0) is 43.9 Å². The number of rotatable bonds is 9. The van der Waals surface area contributed by atoms with Gasteiger partial charge in [0.2, 0.25) is 0 Å². The van der Waals surface area contributed by atoms with Crippen molar-refractivity contribution in [1.82, 2.24) is 5.32 Å². The van der Waals surface area contributed by atoms with Gasteiger partial charge < -0.3 is 14.8 Å². The smallest absolute Gasteiger partial charge is 0.119 e. The Labute approximate surface area is 123 Å². The van der Waals surface area contributed by atoms with E-state index in [1.165, 1.54) is 5.56 Å². The molecule has 1 N–H and O–H groups in total. The quantitative estimate of drug-likeness (QED) is 0.746. The summed E-state index contributed by atoms with van der Waals surface area (Å²) >= 11 is 0. The molecule has 0 saturated heterocycles. The lowest BCUT2D eigenvalue weighted by atomic mass is 10.1. The molecule has 0 aromatic heterocycles. The van der Waals surface area contributed by atoms with Gasteiger partial charge in [-0.2, -0.15) is 0 Å². The van der Waals surface area contributed by atoms with Crippen molar-refractivity contribution in [3.63, 3.8) is 0 Å². The number of hydrogen-bond acceptors (Lipinski definition) is 3. The predicted molar refractivity (Wildman–Crippen MR) is 84.3 cm³/mol. The molecule has 0 aliphatic rings. The molecule has 0 fully saturated rings. The van der Waals surface area contributed by atoms with Gasteiger partial charge in [0.25, 0.3) is 0 Å². The molecule has 0 bridgehead atoms. The van der Waals surface area contributed by atoms with Crippen LogP contribution in [-0.4, -0.2) is 26.4 Å². The van der Waals surface area contributed by atoms with Gasteiger partial charge in [0.1, 0.15) is 5.75 Å². The highest BCUT2D eigenvalue weighted by molar-refractivity contribution is 5.29. The Morgan fingerprint density at radius 3 is 2.25 bits per heavy atom.